The number of nitrogens with zero attached hydrogens (tertiary/aromatic N) is 1. The Morgan fingerprint density at radius 2 is 2.00 bits per heavy atom. The molecule has 1 atom stereocenters. The molecule has 0 unspecified atom stereocenters. The van der Waals surface area contributed by atoms with Gasteiger partial charge in [0.1, 0.15) is 6.04 Å². The Labute approximate surface area is 89.0 Å². The summed E-state index contributed by atoms with van der Waals surface area (Å²) >= 11 is 0. The van der Waals surface area contributed by atoms with E-state index in [0.29, 0.717) is 12.8 Å². The Balaban J connectivity index is 2.09. The summed E-state index contributed by atoms with van der Waals surface area (Å²) in [6, 6.07) is -0.153. The fraction of sp³-hybridized carbons (Fsp3) is 0.800. The van der Waals surface area contributed by atoms with Gasteiger partial charge in [0.25, 0.3) is 0 Å². The van der Waals surface area contributed by atoms with Crippen LogP contribution in [0.1, 0.15) is 25.7 Å². The van der Waals surface area contributed by atoms with Crippen molar-refractivity contribution in [3.8, 4) is 0 Å². The zero-order valence-corrected chi connectivity index (χ0v) is 8.74. The average Bonchev–Trinajstić information content (AvgIpc) is 2.61. The molecule has 5 heteroatoms. The van der Waals surface area contributed by atoms with Crippen molar-refractivity contribution in [2.75, 3.05) is 13.1 Å². The van der Waals surface area contributed by atoms with E-state index in [0.717, 1.165) is 25.9 Å². The van der Waals surface area contributed by atoms with Gasteiger partial charge >= 0.3 is 0 Å². The molecule has 2 rings (SSSR count). The van der Waals surface area contributed by atoms with Crippen LogP contribution in [-0.2, 0) is 9.59 Å². The lowest BCUT2D eigenvalue weighted by molar-refractivity contribution is -0.136. The number of rotatable bonds is 2. The van der Waals surface area contributed by atoms with Crippen LogP contribution >= 0.6 is 0 Å². The highest BCUT2D eigenvalue weighted by atomic mass is 16.2. The molecule has 2 saturated heterocycles. The molecule has 15 heavy (non-hydrogen) atoms. The Hall–Kier alpha value is -1.10. The molecular weight excluding hydrogens is 194 g/mol. The zero-order valence-electron chi connectivity index (χ0n) is 8.74. The number of likely N-dealkylation sites (tertiary alicyclic amines) is 1. The van der Waals surface area contributed by atoms with Crippen LogP contribution in [0.5, 0.6) is 0 Å². The van der Waals surface area contributed by atoms with Crippen LogP contribution in [0, 0.1) is 0 Å². The molecule has 3 N–H and O–H groups in total. The number of carbonyl (C=O) groups is 2. The fourth-order valence-electron chi connectivity index (χ4n) is 2.52. The molecule has 0 aromatic rings. The third-order valence-corrected chi connectivity index (χ3v) is 3.29. The Bertz CT molecular complexity index is 274. The monoisotopic (exact) mass is 211 g/mol. The van der Waals surface area contributed by atoms with Gasteiger partial charge in [0.2, 0.25) is 11.8 Å². The molecule has 0 radical (unpaired) electrons. The van der Waals surface area contributed by atoms with E-state index >= 15 is 0 Å². The summed E-state index contributed by atoms with van der Waals surface area (Å²) < 4.78 is 0. The van der Waals surface area contributed by atoms with Crippen molar-refractivity contribution in [1.82, 2.24) is 10.2 Å². The summed E-state index contributed by atoms with van der Waals surface area (Å²) in [5.74, 6) is -0.273. The summed E-state index contributed by atoms with van der Waals surface area (Å²) in [7, 11) is 0. The average molecular weight is 211 g/mol. The van der Waals surface area contributed by atoms with E-state index in [2.05, 4.69) is 5.32 Å². The maximum atomic E-state index is 11.7. The second-order valence-corrected chi connectivity index (χ2v) is 4.24. The third-order valence-electron chi connectivity index (χ3n) is 3.29. The van der Waals surface area contributed by atoms with E-state index < -0.39 is 0 Å². The van der Waals surface area contributed by atoms with Crippen LogP contribution in [0.25, 0.3) is 0 Å². The molecule has 84 valence electrons. The van der Waals surface area contributed by atoms with Gasteiger partial charge in [-0.1, -0.05) is 0 Å². The van der Waals surface area contributed by atoms with Gasteiger partial charge in [-0.25, -0.2) is 0 Å². The quantitative estimate of drug-likeness (QED) is 0.629. The highest BCUT2D eigenvalue weighted by Gasteiger charge is 2.39. The molecule has 0 aromatic heterocycles. The van der Waals surface area contributed by atoms with Gasteiger partial charge in [0.15, 0.2) is 0 Å². The molecule has 2 amide bonds. The lowest BCUT2D eigenvalue weighted by Crippen LogP contribution is -2.51. The number of amides is 2. The first-order valence-corrected chi connectivity index (χ1v) is 5.51. The minimum Gasteiger partial charge on any atom is -0.368 e. The van der Waals surface area contributed by atoms with Gasteiger partial charge in [0.05, 0.1) is 0 Å². The summed E-state index contributed by atoms with van der Waals surface area (Å²) in [5, 5.41) is 3.24. The molecule has 5 nitrogen and oxygen atoms in total. The van der Waals surface area contributed by atoms with Gasteiger partial charge in [-0.05, 0) is 32.4 Å². The van der Waals surface area contributed by atoms with Crippen LogP contribution in [0.3, 0.4) is 0 Å². The Morgan fingerprint density at radius 3 is 2.60 bits per heavy atom. The van der Waals surface area contributed by atoms with Crippen LogP contribution in [0.4, 0.5) is 0 Å². The van der Waals surface area contributed by atoms with Crippen molar-refractivity contribution < 1.29 is 9.59 Å². The predicted molar refractivity (Wildman–Crippen MR) is 55.0 cm³/mol. The molecule has 0 aliphatic carbocycles. The summed E-state index contributed by atoms with van der Waals surface area (Å²) in [5.41, 5.74) is 5.31. The zero-order chi connectivity index (χ0) is 10.8. The molecule has 0 saturated carbocycles. The number of hydrogen-bond donors (Lipinski definition) is 2. The minimum atomic E-state index is -0.362. The lowest BCUT2D eigenvalue weighted by Gasteiger charge is -2.34. The Kier molecular flexibility index (Phi) is 2.90. The first-order valence-electron chi connectivity index (χ1n) is 5.51. The largest absolute Gasteiger partial charge is 0.368 e. The molecule has 0 aromatic carbocycles. The van der Waals surface area contributed by atoms with E-state index in [1.54, 1.807) is 4.90 Å². The predicted octanol–water partition coefficient (Wildman–Crippen LogP) is -0.785. The third kappa shape index (κ3) is 1.97. The van der Waals surface area contributed by atoms with Crippen molar-refractivity contribution in [2.24, 2.45) is 5.73 Å². The molecular formula is C10H17N3O2. The SMILES string of the molecule is NC(=O)[C@@H]1CCC(=O)N1C1CCNCC1. The number of primary amides is 1. The number of hydrogen-bond acceptors (Lipinski definition) is 3. The van der Waals surface area contributed by atoms with Crippen molar-refractivity contribution in [3.05, 3.63) is 0 Å². The number of nitrogens with one attached hydrogen (secondary N) is 1. The summed E-state index contributed by atoms with van der Waals surface area (Å²) in [4.78, 5) is 24.6. The summed E-state index contributed by atoms with van der Waals surface area (Å²) in [6.45, 7) is 1.83. The van der Waals surface area contributed by atoms with Crippen molar-refractivity contribution >= 4 is 11.8 Å². The second-order valence-electron chi connectivity index (χ2n) is 4.24. The highest BCUT2D eigenvalue weighted by Crippen LogP contribution is 2.25. The normalized spacial score (nSPS) is 28.4. The van der Waals surface area contributed by atoms with Crippen molar-refractivity contribution in [3.63, 3.8) is 0 Å². The van der Waals surface area contributed by atoms with Crippen LogP contribution in [0.15, 0.2) is 0 Å². The molecule has 0 spiro atoms. The fourth-order valence-corrected chi connectivity index (χ4v) is 2.52. The van der Waals surface area contributed by atoms with E-state index in [-0.39, 0.29) is 23.9 Å². The van der Waals surface area contributed by atoms with Crippen LogP contribution < -0.4 is 11.1 Å². The van der Waals surface area contributed by atoms with Crippen molar-refractivity contribution in [1.29, 1.82) is 0 Å². The maximum Gasteiger partial charge on any atom is 0.240 e. The molecule has 2 fully saturated rings. The minimum absolute atomic E-state index is 0.0886. The second kappa shape index (κ2) is 4.18. The highest BCUT2D eigenvalue weighted by molar-refractivity contribution is 5.90. The van der Waals surface area contributed by atoms with E-state index in [1.165, 1.54) is 0 Å². The molecule has 0 bridgehead atoms. The topological polar surface area (TPSA) is 75.4 Å². The van der Waals surface area contributed by atoms with Crippen LogP contribution in [0.2, 0.25) is 0 Å². The Morgan fingerprint density at radius 1 is 1.33 bits per heavy atom. The smallest absolute Gasteiger partial charge is 0.240 e. The van der Waals surface area contributed by atoms with Gasteiger partial charge in [-0.15, -0.1) is 0 Å². The molecule has 2 heterocycles. The van der Waals surface area contributed by atoms with Gasteiger partial charge in [-0.3, -0.25) is 9.59 Å². The van der Waals surface area contributed by atoms with Gasteiger partial charge < -0.3 is 16.0 Å². The molecule has 2 aliphatic rings. The standard InChI is InChI=1S/C10H17N3O2/c11-10(15)8-1-2-9(14)13(8)7-3-5-12-6-4-7/h7-8,12H,1-6H2,(H2,11,15)/t8-/m0/s1. The van der Waals surface area contributed by atoms with E-state index in [4.69, 9.17) is 5.73 Å². The van der Waals surface area contributed by atoms with Crippen molar-refractivity contribution in [2.45, 2.75) is 37.8 Å². The first-order chi connectivity index (χ1) is 7.20. The number of carbonyl (C=O) groups excluding carboxylic acids is 2. The van der Waals surface area contributed by atoms with E-state index in [9.17, 15) is 9.59 Å². The van der Waals surface area contributed by atoms with Gasteiger partial charge in [0, 0.05) is 12.5 Å². The maximum absolute atomic E-state index is 11.7. The van der Waals surface area contributed by atoms with Gasteiger partial charge in [-0.2, -0.15) is 0 Å². The number of nitrogens with two attached hydrogens (primary N) is 1. The van der Waals surface area contributed by atoms with E-state index in [1.807, 2.05) is 0 Å². The summed E-state index contributed by atoms with van der Waals surface area (Å²) in [6.07, 6.45) is 2.92. The lowest BCUT2D eigenvalue weighted by atomic mass is 10.0. The molecule has 2 aliphatic heterocycles. The number of piperidine rings is 1. The van der Waals surface area contributed by atoms with Crippen LogP contribution in [-0.4, -0.2) is 41.9 Å². The first kappa shape index (κ1) is 10.4.